The number of ether oxygens (including phenoxy) is 2. The fourth-order valence-electron chi connectivity index (χ4n) is 2.77. The van der Waals surface area contributed by atoms with Crippen LogP contribution in [0.15, 0.2) is 18.2 Å². The molecular weight excluding hydrogens is 270 g/mol. The smallest absolute Gasteiger partial charge is 0.304 e. The molecule has 1 aromatic carbocycles. The van der Waals surface area contributed by atoms with Crippen molar-refractivity contribution in [3.63, 3.8) is 0 Å². The molecule has 5 heteroatoms. The normalized spacial score (nSPS) is 16.7. The Morgan fingerprint density at radius 2 is 2.10 bits per heavy atom. The fraction of sp³-hybridized carbons (Fsp3) is 0.562. The number of hydrogen-bond donors (Lipinski definition) is 2. The zero-order chi connectivity index (χ0) is 15.2. The van der Waals surface area contributed by atoms with Gasteiger partial charge in [0.15, 0.2) is 11.5 Å². The van der Waals surface area contributed by atoms with E-state index >= 15 is 0 Å². The average molecular weight is 293 g/mol. The number of aliphatic carboxylic acids is 1. The van der Waals surface area contributed by atoms with Gasteiger partial charge in [-0.15, -0.1) is 0 Å². The molecule has 0 spiro atoms. The summed E-state index contributed by atoms with van der Waals surface area (Å²) < 4.78 is 11.4. The van der Waals surface area contributed by atoms with E-state index in [1.165, 1.54) is 12.8 Å². The van der Waals surface area contributed by atoms with Gasteiger partial charge in [-0.2, -0.15) is 0 Å². The minimum atomic E-state index is -0.848. The van der Waals surface area contributed by atoms with E-state index in [-0.39, 0.29) is 18.4 Å². The summed E-state index contributed by atoms with van der Waals surface area (Å²) in [7, 11) is 1.61. The molecule has 1 unspecified atom stereocenters. The van der Waals surface area contributed by atoms with E-state index in [9.17, 15) is 4.79 Å². The van der Waals surface area contributed by atoms with Crippen LogP contribution in [0, 0.1) is 0 Å². The fourth-order valence-corrected chi connectivity index (χ4v) is 2.77. The van der Waals surface area contributed by atoms with Gasteiger partial charge >= 0.3 is 5.97 Å². The first-order valence-corrected chi connectivity index (χ1v) is 7.40. The number of benzene rings is 1. The third-order valence-electron chi connectivity index (χ3n) is 3.96. The van der Waals surface area contributed by atoms with E-state index in [0.29, 0.717) is 18.0 Å². The van der Waals surface area contributed by atoms with Gasteiger partial charge in [0.1, 0.15) is 0 Å². The average Bonchev–Trinajstić information content (AvgIpc) is 2.97. The highest BCUT2D eigenvalue weighted by molar-refractivity contribution is 5.68. The van der Waals surface area contributed by atoms with Crippen molar-refractivity contribution in [2.24, 2.45) is 5.73 Å². The zero-order valence-corrected chi connectivity index (χ0v) is 12.4. The third kappa shape index (κ3) is 4.11. The number of hydrogen-bond acceptors (Lipinski definition) is 4. The first-order valence-electron chi connectivity index (χ1n) is 7.40. The maximum atomic E-state index is 10.9. The maximum Gasteiger partial charge on any atom is 0.304 e. The second-order valence-electron chi connectivity index (χ2n) is 5.47. The number of rotatable bonds is 7. The van der Waals surface area contributed by atoms with Crippen LogP contribution in [0.5, 0.6) is 11.5 Å². The lowest BCUT2D eigenvalue weighted by atomic mass is 9.95. The molecule has 1 saturated carbocycles. The van der Waals surface area contributed by atoms with Crippen LogP contribution in [-0.4, -0.2) is 30.8 Å². The molecule has 21 heavy (non-hydrogen) atoms. The number of carboxylic acids is 1. The van der Waals surface area contributed by atoms with E-state index in [2.05, 4.69) is 0 Å². The molecule has 0 radical (unpaired) electrons. The third-order valence-corrected chi connectivity index (χ3v) is 3.96. The van der Waals surface area contributed by atoms with Crippen molar-refractivity contribution < 1.29 is 19.4 Å². The van der Waals surface area contributed by atoms with Crippen molar-refractivity contribution in [2.45, 2.75) is 44.1 Å². The lowest BCUT2D eigenvalue weighted by Crippen LogP contribution is -2.17. The van der Waals surface area contributed by atoms with E-state index in [0.717, 1.165) is 18.4 Å². The summed E-state index contributed by atoms with van der Waals surface area (Å²) >= 11 is 0. The van der Waals surface area contributed by atoms with Crippen LogP contribution in [0.4, 0.5) is 0 Å². The standard InChI is InChI=1S/C16H23NO4/c1-20-14-7-6-11(12(10-17)9-16(18)19)8-15(14)21-13-4-2-3-5-13/h6-8,12-13H,2-5,9-10,17H2,1H3,(H,18,19). The van der Waals surface area contributed by atoms with Gasteiger partial charge in [0, 0.05) is 5.92 Å². The molecule has 1 fully saturated rings. The molecule has 1 aromatic rings. The molecule has 3 N–H and O–H groups in total. The first-order chi connectivity index (χ1) is 10.1. The summed E-state index contributed by atoms with van der Waals surface area (Å²) in [5.74, 6) is 0.307. The Morgan fingerprint density at radius 3 is 2.67 bits per heavy atom. The van der Waals surface area contributed by atoms with E-state index in [4.69, 9.17) is 20.3 Å². The van der Waals surface area contributed by atoms with Crippen molar-refractivity contribution in [1.29, 1.82) is 0 Å². The summed E-state index contributed by atoms with van der Waals surface area (Å²) in [6, 6.07) is 5.56. The van der Waals surface area contributed by atoms with Crippen LogP contribution in [0.3, 0.4) is 0 Å². The molecule has 0 saturated heterocycles. The first kappa shape index (κ1) is 15.6. The summed E-state index contributed by atoms with van der Waals surface area (Å²) in [6.07, 6.45) is 4.75. The Balaban J connectivity index is 2.20. The Hall–Kier alpha value is -1.75. The summed E-state index contributed by atoms with van der Waals surface area (Å²) in [5.41, 5.74) is 6.58. The molecule has 2 rings (SSSR count). The Kier molecular flexibility index (Phi) is 5.44. The number of carbonyl (C=O) groups is 1. The predicted octanol–water partition coefficient (Wildman–Crippen LogP) is 2.53. The molecule has 0 amide bonds. The lowest BCUT2D eigenvalue weighted by Gasteiger charge is -2.19. The van der Waals surface area contributed by atoms with E-state index in [1.54, 1.807) is 7.11 Å². The van der Waals surface area contributed by atoms with E-state index in [1.807, 2.05) is 18.2 Å². The van der Waals surface area contributed by atoms with Gasteiger partial charge in [-0.25, -0.2) is 0 Å². The van der Waals surface area contributed by atoms with Crippen molar-refractivity contribution in [3.8, 4) is 11.5 Å². The van der Waals surface area contributed by atoms with Gasteiger partial charge in [-0.3, -0.25) is 4.79 Å². The highest BCUT2D eigenvalue weighted by Crippen LogP contribution is 2.34. The maximum absolute atomic E-state index is 10.9. The quantitative estimate of drug-likeness (QED) is 0.807. The molecule has 1 atom stereocenters. The second kappa shape index (κ2) is 7.31. The van der Waals surface area contributed by atoms with Crippen molar-refractivity contribution in [1.82, 2.24) is 0 Å². The van der Waals surface area contributed by atoms with Gasteiger partial charge < -0.3 is 20.3 Å². The topological polar surface area (TPSA) is 81.8 Å². The molecule has 0 heterocycles. The van der Waals surface area contributed by atoms with Crippen molar-refractivity contribution >= 4 is 5.97 Å². The van der Waals surface area contributed by atoms with Crippen LogP contribution in [0.1, 0.15) is 43.6 Å². The second-order valence-corrected chi connectivity index (χ2v) is 5.47. The summed E-state index contributed by atoms with van der Waals surface area (Å²) in [6.45, 7) is 0.293. The van der Waals surface area contributed by atoms with Crippen LogP contribution in [-0.2, 0) is 4.79 Å². The SMILES string of the molecule is COc1ccc(C(CN)CC(=O)O)cc1OC1CCCC1. The molecule has 5 nitrogen and oxygen atoms in total. The van der Waals surface area contributed by atoms with E-state index < -0.39 is 5.97 Å². The zero-order valence-electron chi connectivity index (χ0n) is 12.4. The molecular formula is C16H23NO4. The molecule has 1 aliphatic rings. The van der Waals surface area contributed by atoms with Gasteiger partial charge in [0.25, 0.3) is 0 Å². The van der Waals surface area contributed by atoms with Gasteiger partial charge in [-0.05, 0) is 49.9 Å². The van der Waals surface area contributed by atoms with Crippen LogP contribution in [0.25, 0.3) is 0 Å². The van der Waals surface area contributed by atoms with Crippen LogP contribution in [0.2, 0.25) is 0 Å². The predicted molar refractivity (Wildman–Crippen MR) is 79.9 cm³/mol. The molecule has 0 aliphatic heterocycles. The van der Waals surface area contributed by atoms with Crippen LogP contribution >= 0.6 is 0 Å². The Labute approximate surface area is 125 Å². The molecule has 116 valence electrons. The van der Waals surface area contributed by atoms with Crippen molar-refractivity contribution in [2.75, 3.05) is 13.7 Å². The van der Waals surface area contributed by atoms with Crippen molar-refractivity contribution in [3.05, 3.63) is 23.8 Å². The minimum absolute atomic E-state index is 0.0195. The number of carboxylic acid groups (broad SMARTS) is 1. The van der Waals surface area contributed by atoms with Crippen LogP contribution < -0.4 is 15.2 Å². The molecule has 0 aromatic heterocycles. The van der Waals surface area contributed by atoms with Gasteiger partial charge in [-0.1, -0.05) is 6.07 Å². The monoisotopic (exact) mass is 293 g/mol. The minimum Gasteiger partial charge on any atom is -0.493 e. The lowest BCUT2D eigenvalue weighted by molar-refractivity contribution is -0.137. The molecule has 0 bridgehead atoms. The number of nitrogens with two attached hydrogens (primary N) is 1. The molecule has 1 aliphatic carbocycles. The Bertz CT molecular complexity index is 483. The van der Waals surface area contributed by atoms with Gasteiger partial charge in [0.2, 0.25) is 0 Å². The summed E-state index contributed by atoms with van der Waals surface area (Å²) in [4.78, 5) is 10.9. The largest absolute Gasteiger partial charge is 0.493 e. The highest BCUT2D eigenvalue weighted by atomic mass is 16.5. The number of methoxy groups -OCH3 is 1. The highest BCUT2D eigenvalue weighted by Gasteiger charge is 2.20. The van der Waals surface area contributed by atoms with Gasteiger partial charge in [0.05, 0.1) is 19.6 Å². The summed E-state index contributed by atoms with van der Waals surface area (Å²) in [5, 5.41) is 8.96. The Morgan fingerprint density at radius 1 is 1.38 bits per heavy atom.